The first-order valence-electron chi connectivity index (χ1n) is 7.96. The van der Waals surface area contributed by atoms with Crippen LogP contribution in [0.25, 0.3) is 0 Å². The summed E-state index contributed by atoms with van der Waals surface area (Å²) in [5.41, 5.74) is 0. The molecule has 0 saturated carbocycles. The Morgan fingerprint density at radius 1 is 1.32 bits per heavy atom. The van der Waals surface area contributed by atoms with Crippen molar-refractivity contribution in [3.05, 3.63) is 0 Å². The fourth-order valence-electron chi connectivity index (χ4n) is 3.27. The van der Waals surface area contributed by atoms with Crippen LogP contribution in [0.5, 0.6) is 0 Å². The number of rotatable bonds is 5. The van der Waals surface area contributed by atoms with Crippen LogP contribution in [-0.4, -0.2) is 49.6 Å². The predicted molar refractivity (Wildman–Crippen MR) is 78.1 cm³/mol. The minimum atomic E-state index is 0.234. The number of nitrogens with zero attached hydrogens (tertiary/aromatic N) is 1. The molecule has 2 saturated heterocycles. The minimum Gasteiger partial charge on any atom is -0.352 e. The number of hydrogen-bond acceptors (Lipinski definition) is 3. The summed E-state index contributed by atoms with van der Waals surface area (Å²) in [4.78, 5) is 14.5. The first-order valence-corrected chi connectivity index (χ1v) is 7.96. The van der Waals surface area contributed by atoms with E-state index in [1.807, 2.05) is 0 Å². The molecule has 0 aromatic carbocycles. The summed E-state index contributed by atoms with van der Waals surface area (Å²) in [5, 5.41) is 6.54. The molecule has 4 heteroatoms. The van der Waals surface area contributed by atoms with Crippen molar-refractivity contribution in [2.24, 2.45) is 5.92 Å². The van der Waals surface area contributed by atoms with Crippen LogP contribution in [0, 0.1) is 5.92 Å². The molecular formula is C15H29N3O. The van der Waals surface area contributed by atoms with Gasteiger partial charge in [-0.1, -0.05) is 6.42 Å². The maximum atomic E-state index is 12.0. The van der Waals surface area contributed by atoms with Crippen LogP contribution in [0.15, 0.2) is 0 Å². The fourth-order valence-corrected chi connectivity index (χ4v) is 3.27. The number of likely N-dealkylation sites (tertiary alicyclic amines) is 1. The molecule has 0 aromatic rings. The molecule has 1 amide bonds. The lowest BCUT2D eigenvalue weighted by Gasteiger charge is -2.29. The van der Waals surface area contributed by atoms with Crippen molar-refractivity contribution in [3.8, 4) is 0 Å². The van der Waals surface area contributed by atoms with Gasteiger partial charge >= 0.3 is 0 Å². The molecule has 0 spiro atoms. The van der Waals surface area contributed by atoms with E-state index in [1.165, 1.54) is 45.2 Å². The van der Waals surface area contributed by atoms with Gasteiger partial charge in [-0.05, 0) is 64.7 Å². The average molecular weight is 267 g/mol. The van der Waals surface area contributed by atoms with Gasteiger partial charge in [0.15, 0.2) is 0 Å². The van der Waals surface area contributed by atoms with E-state index in [2.05, 4.69) is 22.5 Å². The van der Waals surface area contributed by atoms with Crippen molar-refractivity contribution < 1.29 is 4.79 Å². The zero-order valence-electron chi connectivity index (χ0n) is 12.3. The van der Waals surface area contributed by atoms with Crippen LogP contribution in [0.1, 0.15) is 45.4 Å². The second-order valence-electron chi connectivity index (χ2n) is 6.25. The van der Waals surface area contributed by atoms with E-state index in [1.54, 1.807) is 0 Å². The van der Waals surface area contributed by atoms with Gasteiger partial charge < -0.3 is 15.5 Å². The molecule has 110 valence electrons. The Labute approximate surface area is 117 Å². The molecule has 0 bridgehead atoms. The molecule has 2 aliphatic heterocycles. The first kappa shape index (κ1) is 14.8. The largest absolute Gasteiger partial charge is 0.352 e. The monoisotopic (exact) mass is 267 g/mol. The van der Waals surface area contributed by atoms with E-state index < -0.39 is 0 Å². The molecule has 2 aliphatic rings. The third-order valence-corrected chi connectivity index (χ3v) is 4.26. The SMILES string of the molecule is CC(CN1CCCCC1)NC(=O)CC1CCCNC1. The van der Waals surface area contributed by atoms with Crippen LogP contribution in [-0.2, 0) is 4.79 Å². The summed E-state index contributed by atoms with van der Waals surface area (Å²) in [6, 6.07) is 0.280. The third kappa shape index (κ3) is 5.49. The number of carbonyl (C=O) groups is 1. The summed E-state index contributed by atoms with van der Waals surface area (Å²) >= 11 is 0. The van der Waals surface area contributed by atoms with Gasteiger partial charge in [-0.3, -0.25) is 4.79 Å². The Bertz CT molecular complexity index is 271. The molecule has 2 rings (SSSR count). The van der Waals surface area contributed by atoms with Crippen LogP contribution in [0.4, 0.5) is 0 Å². The minimum absolute atomic E-state index is 0.234. The molecule has 0 aromatic heterocycles. The van der Waals surface area contributed by atoms with E-state index in [-0.39, 0.29) is 11.9 Å². The second-order valence-corrected chi connectivity index (χ2v) is 6.25. The first-order chi connectivity index (χ1) is 9.24. The zero-order valence-corrected chi connectivity index (χ0v) is 12.3. The normalized spacial score (nSPS) is 26.9. The van der Waals surface area contributed by atoms with Crippen LogP contribution in [0.2, 0.25) is 0 Å². The number of carbonyl (C=O) groups excluding carboxylic acids is 1. The van der Waals surface area contributed by atoms with E-state index in [0.717, 1.165) is 19.6 Å². The lowest BCUT2D eigenvalue weighted by Crippen LogP contribution is -2.44. The standard InChI is InChI=1S/C15H29N3O/c1-13(12-18-8-3-2-4-9-18)17-15(19)10-14-6-5-7-16-11-14/h13-14,16H,2-12H2,1H3,(H,17,19). The van der Waals surface area contributed by atoms with E-state index >= 15 is 0 Å². The highest BCUT2D eigenvalue weighted by atomic mass is 16.1. The highest BCUT2D eigenvalue weighted by Gasteiger charge is 2.19. The highest BCUT2D eigenvalue weighted by molar-refractivity contribution is 5.76. The third-order valence-electron chi connectivity index (χ3n) is 4.26. The number of piperidine rings is 2. The molecule has 19 heavy (non-hydrogen) atoms. The molecule has 0 aliphatic carbocycles. The summed E-state index contributed by atoms with van der Waals surface area (Å²) in [6.07, 6.45) is 7.09. The quantitative estimate of drug-likeness (QED) is 0.791. The van der Waals surface area contributed by atoms with Gasteiger partial charge in [0, 0.05) is 19.0 Å². The van der Waals surface area contributed by atoms with Crippen molar-refractivity contribution in [1.29, 1.82) is 0 Å². The van der Waals surface area contributed by atoms with E-state index in [9.17, 15) is 4.79 Å². The number of nitrogens with one attached hydrogen (secondary N) is 2. The predicted octanol–water partition coefficient (Wildman–Crippen LogP) is 1.37. The molecular weight excluding hydrogens is 238 g/mol. The van der Waals surface area contributed by atoms with Crippen LogP contribution >= 0.6 is 0 Å². The number of hydrogen-bond donors (Lipinski definition) is 2. The molecule has 2 atom stereocenters. The van der Waals surface area contributed by atoms with Crippen LogP contribution < -0.4 is 10.6 Å². The Morgan fingerprint density at radius 3 is 2.79 bits per heavy atom. The van der Waals surface area contributed by atoms with Crippen molar-refractivity contribution in [1.82, 2.24) is 15.5 Å². The lowest BCUT2D eigenvalue weighted by molar-refractivity contribution is -0.122. The summed E-state index contributed by atoms with van der Waals surface area (Å²) in [7, 11) is 0. The van der Waals surface area contributed by atoms with Gasteiger partial charge in [0.05, 0.1) is 0 Å². The van der Waals surface area contributed by atoms with Gasteiger partial charge in [-0.2, -0.15) is 0 Å². The Hall–Kier alpha value is -0.610. The Morgan fingerprint density at radius 2 is 2.11 bits per heavy atom. The van der Waals surface area contributed by atoms with Crippen molar-refractivity contribution in [2.45, 2.75) is 51.5 Å². The summed E-state index contributed by atoms with van der Waals surface area (Å²) in [6.45, 7) is 7.66. The summed E-state index contributed by atoms with van der Waals surface area (Å²) < 4.78 is 0. The number of amides is 1. The average Bonchev–Trinajstić information content (AvgIpc) is 2.40. The van der Waals surface area contributed by atoms with Crippen molar-refractivity contribution in [2.75, 3.05) is 32.7 Å². The van der Waals surface area contributed by atoms with Gasteiger partial charge in [0.1, 0.15) is 0 Å². The maximum Gasteiger partial charge on any atom is 0.220 e. The molecule has 2 unspecified atom stereocenters. The molecule has 2 fully saturated rings. The topological polar surface area (TPSA) is 44.4 Å². The zero-order chi connectivity index (χ0) is 13.5. The van der Waals surface area contributed by atoms with Gasteiger partial charge in [0.2, 0.25) is 5.91 Å². The van der Waals surface area contributed by atoms with Gasteiger partial charge in [-0.15, -0.1) is 0 Å². The van der Waals surface area contributed by atoms with Gasteiger partial charge in [0.25, 0.3) is 0 Å². The van der Waals surface area contributed by atoms with Gasteiger partial charge in [-0.25, -0.2) is 0 Å². The molecule has 4 nitrogen and oxygen atoms in total. The van der Waals surface area contributed by atoms with E-state index in [4.69, 9.17) is 0 Å². The Balaban J connectivity index is 1.63. The Kier molecular flexibility index (Phi) is 6.11. The summed E-state index contributed by atoms with van der Waals surface area (Å²) in [5.74, 6) is 0.772. The lowest BCUT2D eigenvalue weighted by atomic mass is 9.96. The smallest absolute Gasteiger partial charge is 0.220 e. The van der Waals surface area contributed by atoms with Crippen LogP contribution in [0.3, 0.4) is 0 Å². The molecule has 2 N–H and O–H groups in total. The maximum absolute atomic E-state index is 12.0. The highest BCUT2D eigenvalue weighted by Crippen LogP contribution is 2.14. The van der Waals surface area contributed by atoms with E-state index in [0.29, 0.717) is 12.3 Å². The fraction of sp³-hybridized carbons (Fsp3) is 0.933. The van der Waals surface area contributed by atoms with Crippen molar-refractivity contribution in [3.63, 3.8) is 0 Å². The molecule has 2 heterocycles. The second kappa shape index (κ2) is 7.85. The molecule has 0 radical (unpaired) electrons. The van der Waals surface area contributed by atoms with Crippen molar-refractivity contribution >= 4 is 5.91 Å².